The van der Waals surface area contributed by atoms with Gasteiger partial charge >= 0.3 is 0 Å². The van der Waals surface area contributed by atoms with Crippen LogP contribution in [-0.4, -0.2) is 17.9 Å². The number of amides is 2. The van der Waals surface area contributed by atoms with Gasteiger partial charge in [0.15, 0.2) is 0 Å². The van der Waals surface area contributed by atoms with Crippen molar-refractivity contribution in [1.29, 1.82) is 0 Å². The van der Waals surface area contributed by atoms with Gasteiger partial charge in [0.05, 0.1) is 10.6 Å². The fourth-order valence-corrected chi connectivity index (χ4v) is 1.91. The van der Waals surface area contributed by atoms with E-state index in [9.17, 15) is 9.59 Å². The average Bonchev–Trinajstić information content (AvgIpc) is 3.14. The molecule has 1 fully saturated rings. The summed E-state index contributed by atoms with van der Waals surface area (Å²) in [5.41, 5.74) is 1.84. The molecule has 0 aromatic heterocycles. The molecule has 1 aromatic carbocycles. The zero-order valence-corrected chi connectivity index (χ0v) is 12.3. The van der Waals surface area contributed by atoms with Crippen LogP contribution in [0.4, 0.5) is 5.69 Å². The molecule has 1 aromatic rings. The van der Waals surface area contributed by atoms with E-state index >= 15 is 0 Å². The van der Waals surface area contributed by atoms with Crippen molar-refractivity contribution < 1.29 is 9.59 Å². The molecule has 1 aliphatic rings. The van der Waals surface area contributed by atoms with E-state index in [2.05, 4.69) is 10.6 Å². The van der Waals surface area contributed by atoms with Crippen LogP contribution in [0.2, 0.25) is 5.02 Å². The van der Waals surface area contributed by atoms with Crippen molar-refractivity contribution in [2.45, 2.75) is 32.7 Å². The lowest BCUT2D eigenvalue weighted by Crippen LogP contribution is -2.25. The minimum absolute atomic E-state index is 0.198. The smallest absolute Gasteiger partial charge is 0.253 e. The molecule has 0 aliphatic heterocycles. The number of carbonyl (C=O) groups excluding carboxylic acids is 2. The van der Waals surface area contributed by atoms with Gasteiger partial charge in [0.1, 0.15) is 0 Å². The van der Waals surface area contributed by atoms with Gasteiger partial charge in [-0.25, -0.2) is 0 Å². The van der Waals surface area contributed by atoms with E-state index in [1.807, 2.05) is 13.8 Å². The molecule has 0 heterocycles. The minimum atomic E-state index is -0.221. The van der Waals surface area contributed by atoms with Crippen LogP contribution in [0.15, 0.2) is 29.8 Å². The Morgan fingerprint density at radius 1 is 1.30 bits per heavy atom. The van der Waals surface area contributed by atoms with Crippen molar-refractivity contribution in [2.24, 2.45) is 0 Å². The third kappa shape index (κ3) is 4.10. The van der Waals surface area contributed by atoms with Gasteiger partial charge in [-0.3, -0.25) is 9.59 Å². The lowest BCUT2D eigenvalue weighted by atomic mass is 10.1. The molecule has 1 aliphatic carbocycles. The first-order valence-electron chi connectivity index (χ1n) is 6.52. The van der Waals surface area contributed by atoms with Crippen molar-refractivity contribution in [3.8, 4) is 0 Å². The van der Waals surface area contributed by atoms with Gasteiger partial charge < -0.3 is 10.6 Å². The number of nitrogens with one attached hydrogen (secondary N) is 2. The molecule has 2 N–H and O–H groups in total. The highest BCUT2D eigenvalue weighted by Gasteiger charge is 2.24. The second kappa shape index (κ2) is 6.09. The van der Waals surface area contributed by atoms with Gasteiger partial charge in [0.2, 0.25) is 5.91 Å². The highest BCUT2D eigenvalue weighted by molar-refractivity contribution is 6.34. The first-order chi connectivity index (χ1) is 9.45. The Morgan fingerprint density at radius 3 is 2.60 bits per heavy atom. The predicted octanol–water partition coefficient (Wildman–Crippen LogP) is 3.14. The Hall–Kier alpha value is -1.81. The van der Waals surface area contributed by atoms with E-state index < -0.39 is 0 Å². The summed E-state index contributed by atoms with van der Waals surface area (Å²) in [7, 11) is 0. The van der Waals surface area contributed by atoms with Crippen LogP contribution in [0.3, 0.4) is 0 Å². The van der Waals surface area contributed by atoms with Crippen LogP contribution in [-0.2, 0) is 4.79 Å². The van der Waals surface area contributed by atoms with E-state index in [4.69, 9.17) is 11.6 Å². The molecular formula is C15H17ClN2O2. The summed E-state index contributed by atoms with van der Waals surface area (Å²) in [5, 5.41) is 5.96. The number of halogens is 1. The van der Waals surface area contributed by atoms with E-state index in [-0.39, 0.29) is 17.9 Å². The molecule has 1 saturated carbocycles. The van der Waals surface area contributed by atoms with Crippen molar-refractivity contribution in [3.63, 3.8) is 0 Å². The maximum Gasteiger partial charge on any atom is 0.253 e. The number of rotatable bonds is 4. The third-order valence-electron chi connectivity index (χ3n) is 2.81. The molecular weight excluding hydrogens is 276 g/mol. The first-order valence-corrected chi connectivity index (χ1v) is 6.90. The summed E-state index contributed by atoms with van der Waals surface area (Å²) in [4.78, 5) is 23.7. The number of benzene rings is 1. The third-order valence-corrected chi connectivity index (χ3v) is 3.14. The van der Waals surface area contributed by atoms with Crippen molar-refractivity contribution in [2.75, 3.05) is 5.32 Å². The SMILES string of the molecule is CC(C)=CC(=O)Nc1ccc(Cl)c(C(=O)NC2CC2)c1. The molecule has 106 valence electrons. The molecule has 4 nitrogen and oxygen atoms in total. The van der Waals surface area contributed by atoms with Crippen molar-refractivity contribution >= 4 is 29.1 Å². The molecule has 0 atom stereocenters. The first kappa shape index (κ1) is 14.6. The van der Waals surface area contributed by atoms with Crippen LogP contribution in [0.5, 0.6) is 0 Å². The molecule has 2 amide bonds. The van der Waals surface area contributed by atoms with E-state index in [0.29, 0.717) is 16.3 Å². The Balaban J connectivity index is 2.13. The summed E-state index contributed by atoms with van der Waals surface area (Å²) < 4.78 is 0. The molecule has 0 unspecified atom stereocenters. The van der Waals surface area contributed by atoms with Gasteiger partial charge in [-0.15, -0.1) is 0 Å². The van der Waals surface area contributed by atoms with Crippen LogP contribution in [0.1, 0.15) is 37.0 Å². The van der Waals surface area contributed by atoms with Crippen molar-refractivity contribution in [1.82, 2.24) is 5.32 Å². The second-order valence-electron chi connectivity index (χ2n) is 5.15. The molecule has 0 saturated heterocycles. The molecule has 2 rings (SSSR count). The van der Waals surface area contributed by atoms with Gasteiger partial charge in [-0.2, -0.15) is 0 Å². The Kier molecular flexibility index (Phi) is 4.45. The van der Waals surface area contributed by atoms with Crippen molar-refractivity contribution in [3.05, 3.63) is 40.4 Å². The quantitative estimate of drug-likeness (QED) is 0.838. The van der Waals surface area contributed by atoms with Gasteiger partial charge in [0, 0.05) is 17.8 Å². The normalized spacial score (nSPS) is 13.6. The Morgan fingerprint density at radius 2 is 2.00 bits per heavy atom. The zero-order valence-electron chi connectivity index (χ0n) is 11.5. The predicted molar refractivity (Wildman–Crippen MR) is 80.0 cm³/mol. The topological polar surface area (TPSA) is 58.2 Å². The average molecular weight is 293 g/mol. The molecule has 5 heteroatoms. The van der Waals surface area contributed by atoms with E-state index in [1.165, 1.54) is 6.08 Å². The lowest BCUT2D eigenvalue weighted by molar-refractivity contribution is -0.111. The summed E-state index contributed by atoms with van der Waals surface area (Å²) in [6, 6.07) is 5.15. The highest BCUT2D eigenvalue weighted by atomic mass is 35.5. The molecule has 0 radical (unpaired) electrons. The summed E-state index contributed by atoms with van der Waals surface area (Å²) in [6.07, 6.45) is 3.53. The summed E-state index contributed by atoms with van der Waals surface area (Å²) >= 11 is 6.03. The Labute approximate surface area is 123 Å². The number of carbonyl (C=O) groups is 2. The molecule has 0 spiro atoms. The van der Waals surface area contributed by atoms with Gasteiger partial charge in [0.25, 0.3) is 5.91 Å². The van der Waals surface area contributed by atoms with Gasteiger partial charge in [-0.05, 0) is 44.9 Å². The van der Waals surface area contributed by atoms with E-state index in [1.54, 1.807) is 18.2 Å². The summed E-state index contributed by atoms with van der Waals surface area (Å²) in [6.45, 7) is 3.69. The zero-order chi connectivity index (χ0) is 14.7. The fourth-order valence-electron chi connectivity index (χ4n) is 1.71. The highest BCUT2D eigenvalue weighted by Crippen LogP contribution is 2.24. The monoisotopic (exact) mass is 292 g/mol. The maximum atomic E-state index is 12.0. The standard InChI is InChI=1S/C15H17ClN2O2/c1-9(2)7-14(19)17-11-5-6-13(16)12(8-11)15(20)18-10-3-4-10/h5-8,10H,3-4H2,1-2H3,(H,17,19)(H,18,20). The number of allylic oxidation sites excluding steroid dienone is 1. The largest absolute Gasteiger partial charge is 0.349 e. The Bertz CT molecular complexity index is 573. The number of anilines is 1. The van der Waals surface area contributed by atoms with Crippen LogP contribution in [0.25, 0.3) is 0 Å². The second-order valence-corrected chi connectivity index (χ2v) is 5.56. The molecule has 20 heavy (non-hydrogen) atoms. The lowest BCUT2D eigenvalue weighted by Gasteiger charge is -2.08. The number of hydrogen-bond donors (Lipinski definition) is 2. The van der Waals surface area contributed by atoms with Crippen LogP contribution < -0.4 is 10.6 Å². The minimum Gasteiger partial charge on any atom is -0.349 e. The van der Waals surface area contributed by atoms with E-state index in [0.717, 1.165) is 18.4 Å². The van der Waals surface area contributed by atoms with Crippen LogP contribution >= 0.6 is 11.6 Å². The fraction of sp³-hybridized carbons (Fsp3) is 0.333. The molecule has 0 bridgehead atoms. The van der Waals surface area contributed by atoms with Crippen LogP contribution in [0, 0.1) is 0 Å². The van der Waals surface area contributed by atoms with Gasteiger partial charge in [-0.1, -0.05) is 17.2 Å². The number of hydrogen-bond acceptors (Lipinski definition) is 2. The summed E-state index contributed by atoms with van der Waals surface area (Å²) in [5.74, 6) is -0.420. The maximum absolute atomic E-state index is 12.0.